The summed E-state index contributed by atoms with van der Waals surface area (Å²) in [7, 11) is -15.4. The molecule has 0 aliphatic heterocycles. The first kappa shape index (κ1) is 43.3. The largest absolute Gasteiger partial charge is 1.00 e. The molecule has 4 aromatic carbocycles. The molecule has 0 radical (unpaired) electrons. The van der Waals surface area contributed by atoms with E-state index < -0.39 is 101 Å². The van der Waals surface area contributed by atoms with Crippen molar-refractivity contribution in [2.75, 3.05) is 0 Å². The number of fused-ring (bicyclic) bond motifs is 1. The van der Waals surface area contributed by atoms with Crippen molar-refractivity contribution in [3.8, 4) is 34.6 Å². The van der Waals surface area contributed by atoms with Gasteiger partial charge < -0.3 is 19.5 Å². The summed E-state index contributed by atoms with van der Waals surface area (Å²) < 4.78 is 108. The van der Waals surface area contributed by atoms with Crippen LogP contribution >= 0.6 is 11.6 Å². The van der Waals surface area contributed by atoms with Gasteiger partial charge in [-0.05, 0) is 64.8 Å². The molecule has 1 heterocycles. The third kappa shape index (κ3) is 10.2. The molecule has 49 heavy (non-hydrogen) atoms. The SMILES string of the molecule is O=S(=O)([O-])c1ccc([O-])c(N=Nc2c(S(=O)(=O)O)cc3cc(S(=O)(=O)O)cc(-c4nc(Cl)nc(Oc5ccccc5)n4)c3c2[O-])c1.[Na+].[Na+].[Na+]. The van der Waals surface area contributed by atoms with Crippen molar-refractivity contribution < 1.29 is 143 Å². The zero-order valence-electron chi connectivity index (χ0n) is 25.2. The van der Waals surface area contributed by atoms with Crippen molar-refractivity contribution in [3.05, 3.63) is 72.0 Å². The van der Waals surface area contributed by atoms with Crippen molar-refractivity contribution in [2.45, 2.75) is 14.7 Å². The Bertz CT molecular complexity index is 2430. The van der Waals surface area contributed by atoms with Crippen LogP contribution in [0.1, 0.15) is 0 Å². The Morgan fingerprint density at radius 3 is 2.00 bits per heavy atom. The first-order chi connectivity index (χ1) is 21.4. The molecule has 5 rings (SSSR count). The smallest absolute Gasteiger partial charge is 0.871 e. The molecule has 0 aliphatic carbocycles. The molecular formula is C25H13ClN5Na3O12S3. The second-order valence-electron chi connectivity index (χ2n) is 8.98. The van der Waals surface area contributed by atoms with Gasteiger partial charge in [0.25, 0.3) is 20.2 Å². The number of ether oxygens (including phenoxy) is 1. The van der Waals surface area contributed by atoms with Gasteiger partial charge in [0.15, 0.2) is 5.82 Å². The summed E-state index contributed by atoms with van der Waals surface area (Å²) in [6.45, 7) is 0. The third-order valence-corrected chi connectivity index (χ3v) is 8.64. The molecule has 238 valence electrons. The molecule has 0 fully saturated rings. The Kier molecular flexibility index (Phi) is 14.7. The van der Waals surface area contributed by atoms with E-state index in [2.05, 4.69) is 25.2 Å². The van der Waals surface area contributed by atoms with E-state index in [9.17, 15) is 49.1 Å². The van der Waals surface area contributed by atoms with Gasteiger partial charge in [-0.25, -0.2) is 8.42 Å². The minimum absolute atomic E-state index is 0. The van der Waals surface area contributed by atoms with E-state index in [4.69, 9.17) is 16.3 Å². The molecule has 24 heteroatoms. The summed E-state index contributed by atoms with van der Waals surface area (Å²) >= 11 is 6.05. The van der Waals surface area contributed by atoms with Crippen LogP contribution < -0.4 is 104 Å². The Morgan fingerprint density at radius 1 is 0.755 bits per heavy atom. The first-order valence-corrected chi connectivity index (χ1v) is 16.7. The predicted molar refractivity (Wildman–Crippen MR) is 151 cm³/mol. The van der Waals surface area contributed by atoms with Gasteiger partial charge in [-0.2, -0.15) is 36.9 Å². The second kappa shape index (κ2) is 16.7. The Morgan fingerprint density at radius 2 is 1.41 bits per heavy atom. The normalized spacial score (nSPS) is 11.8. The molecule has 1 aromatic heterocycles. The van der Waals surface area contributed by atoms with Crippen LogP contribution in [-0.2, 0) is 30.4 Å². The van der Waals surface area contributed by atoms with E-state index in [1.165, 1.54) is 12.1 Å². The maximum absolute atomic E-state index is 13.8. The van der Waals surface area contributed by atoms with Crippen LogP contribution in [0.3, 0.4) is 0 Å². The van der Waals surface area contributed by atoms with E-state index in [-0.39, 0.29) is 94.4 Å². The fourth-order valence-corrected chi connectivity index (χ4v) is 5.83. The van der Waals surface area contributed by atoms with Gasteiger partial charge in [0.05, 0.1) is 21.2 Å². The fraction of sp³-hybridized carbons (Fsp3) is 0. The number of azo groups is 1. The summed E-state index contributed by atoms with van der Waals surface area (Å²) in [5, 5.41) is 31.5. The number of hydrogen-bond donors (Lipinski definition) is 2. The Labute approximate surface area is 349 Å². The van der Waals surface area contributed by atoms with Crippen LogP contribution in [0.4, 0.5) is 11.4 Å². The fourth-order valence-electron chi connectivity index (χ4n) is 3.99. The van der Waals surface area contributed by atoms with Crippen molar-refractivity contribution >= 4 is 64.1 Å². The first-order valence-electron chi connectivity index (χ1n) is 12.0. The molecule has 0 saturated heterocycles. The number of para-hydroxylation sites is 1. The number of rotatable bonds is 8. The maximum atomic E-state index is 13.8. The molecule has 5 aromatic rings. The number of halogens is 1. The van der Waals surface area contributed by atoms with E-state index in [1.54, 1.807) is 18.2 Å². The number of nitrogens with zero attached hydrogens (tertiary/aromatic N) is 5. The summed E-state index contributed by atoms with van der Waals surface area (Å²) in [6.07, 6.45) is 0. The molecule has 0 unspecified atom stereocenters. The minimum Gasteiger partial charge on any atom is -0.871 e. The quantitative estimate of drug-likeness (QED) is 0.0843. The van der Waals surface area contributed by atoms with Crippen molar-refractivity contribution in [1.82, 2.24) is 15.0 Å². The monoisotopic (exact) mass is 775 g/mol. The van der Waals surface area contributed by atoms with E-state index >= 15 is 0 Å². The van der Waals surface area contributed by atoms with Crippen LogP contribution in [0, 0.1) is 0 Å². The van der Waals surface area contributed by atoms with Crippen molar-refractivity contribution in [2.24, 2.45) is 10.2 Å². The van der Waals surface area contributed by atoms with Crippen LogP contribution in [-0.4, -0.2) is 53.9 Å². The number of hydrogen-bond acceptors (Lipinski definition) is 15. The molecule has 0 amide bonds. The molecule has 2 N–H and O–H groups in total. The van der Waals surface area contributed by atoms with E-state index in [1.807, 2.05) is 0 Å². The zero-order valence-corrected chi connectivity index (χ0v) is 34.4. The van der Waals surface area contributed by atoms with Crippen LogP contribution in [0.15, 0.2) is 91.6 Å². The molecule has 0 aliphatic rings. The molecular weight excluding hydrogens is 763 g/mol. The van der Waals surface area contributed by atoms with Gasteiger partial charge >= 0.3 is 94.7 Å². The standard InChI is InChI=1S/C25H16ClN5O12S3.3Na/c26-24-27-23(28-25(29-24)43-13-4-2-1-3-5-13)16-10-15(45(37,38)39)8-12-9-19(46(40,41)42)21(22(33)20(12)16)31-30-17-11-14(44(34,35)36)6-7-18(17)32;;;/h1-11,32-33H,(H,34,35,36)(H,37,38,39)(H,40,41,42);;;/q;3*+1/p-3. The van der Waals surface area contributed by atoms with Gasteiger partial charge in [-0.3, -0.25) is 9.11 Å². The van der Waals surface area contributed by atoms with Crippen molar-refractivity contribution in [3.63, 3.8) is 0 Å². The average Bonchev–Trinajstić information content (AvgIpc) is 2.95. The van der Waals surface area contributed by atoms with Gasteiger partial charge in [0, 0.05) is 5.56 Å². The van der Waals surface area contributed by atoms with Crippen molar-refractivity contribution in [1.29, 1.82) is 0 Å². The molecule has 0 atom stereocenters. The van der Waals surface area contributed by atoms with Gasteiger partial charge in [0.1, 0.15) is 20.8 Å². The van der Waals surface area contributed by atoms with Gasteiger partial charge in [-0.1, -0.05) is 35.8 Å². The molecule has 0 spiro atoms. The Hall–Kier alpha value is -1.83. The number of aromatic nitrogens is 3. The van der Waals surface area contributed by atoms with Crippen LogP contribution in [0.5, 0.6) is 23.3 Å². The van der Waals surface area contributed by atoms with Crippen LogP contribution in [0.25, 0.3) is 22.2 Å². The summed E-state index contributed by atoms with van der Waals surface area (Å²) in [6, 6.07) is 11.5. The summed E-state index contributed by atoms with van der Waals surface area (Å²) in [4.78, 5) is 8.80. The van der Waals surface area contributed by atoms with Crippen LogP contribution in [0.2, 0.25) is 5.28 Å². The van der Waals surface area contributed by atoms with E-state index in [0.29, 0.717) is 30.3 Å². The van der Waals surface area contributed by atoms with Gasteiger partial charge in [0.2, 0.25) is 5.28 Å². The van der Waals surface area contributed by atoms with E-state index in [0.717, 1.165) is 6.07 Å². The molecule has 17 nitrogen and oxygen atoms in total. The topological polar surface area (TPSA) is 285 Å². The second-order valence-corrected chi connectivity index (χ2v) is 13.5. The molecule has 0 saturated carbocycles. The number of benzene rings is 4. The summed E-state index contributed by atoms with van der Waals surface area (Å²) in [5.41, 5.74) is -2.40. The zero-order chi connectivity index (χ0) is 33.6. The minimum atomic E-state index is -5.34. The van der Waals surface area contributed by atoms with Gasteiger partial charge in [-0.15, -0.1) is 5.11 Å². The Balaban J connectivity index is 0.00000278. The predicted octanol–water partition coefficient (Wildman–Crippen LogP) is -5.89. The maximum Gasteiger partial charge on any atom is 1.00 e. The average molecular weight is 776 g/mol. The third-order valence-electron chi connectivity index (χ3n) is 5.94. The summed E-state index contributed by atoms with van der Waals surface area (Å²) in [5.74, 6) is -2.60. The molecule has 0 bridgehead atoms.